The molecular formula is C8H18BrO2P. The van der Waals surface area contributed by atoms with E-state index in [4.69, 9.17) is 4.89 Å². The van der Waals surface area contributed by atoms with E-state index in [2.05, 4.69) is 15.9 Å². The van der Waals surface area contributed by atoms with Crippen molar-refractivity contribution in [1.29, 1.82) is 0 Å². The predicted octanol–water partition coefficient (Wildman–Crippen LogP) is 3.19. The van der Waals surface area contributed by atoms with Gasteiger partial charge in [0, 0.05) is 11.5 Å². The second-order valence-electron chi connectivity index (χ2n) is 2.95. The highest BCUT2D eigenvalue weighted by molar-refractivity contribution is 9.09. The highest BCUT2D eigenvalue weighted by atomic mass is 79.9. The standard InChI is InChI=1S/C8H18BrO2P/c9-7-5-3-1-2-4-6-8-12(10)11/h12H,1-8H2,(H,10,11). The van der Waals surface area contributed by atoms with Crippen LogP contribution in [0.4, 0.5) is 0 Å². The van der Waals surface area contributed by atoms with Crippen LogP contribution >= 0.6 is 24.0 Å². The lowest BCUT2D eigenvalue weighted by atomic mass is 10.1. The highest BCUT2D eigenvalue weighted by Gasteiger charge is 1.93. The van der Waals surface area contributed by atoms with Crippen molar-refractivity contribution < 1.29 is 9.46 Å². The second-order valence-corrected chi connectivity index (χ2v) is 5.03. The summed E-state index contributed by atoms with van der Waals surface area (Å²) >= 11 is 3.38. The molecule has 0 aliphatic rings. The Morgan fingerprint density at radius 2 is 1.50 bits per heavy atom. The SMILES string of the molecule is O=[PH](O)CCCCCCCCBr. The third-order valence-corrected chi connectivity index (χ3v) is 3.12. The Kier molecular flexibility index (Phi) is 10.3. The van der Waals surface area contributed by atoms with Gasteiger partial charge >= 0.3 is 0 Å². The molecule has 1 N–H and O–H groups in total. The molecule has 0 aliphatic heterocycles. The largest absolute Gasteiger partial charge is 0.346 e. The van der Waals surface area contributed by atoms with Crippen LogP contribution in [0.3, 0.4) is 0 Å². The molecule has 0 saturated carbocycles. The average Bonchev–Trinajstić information content (AvgIpc) is 2.02. The summed E-state index contributed by atoms with van der Waals surface area (Å²) in [5, 5.41) is 1.09. The van der Waals surface area contributed by atoms with Crippen molar-refractivity contribution in [3.05, 3.63) is 0 Å². The Morgan fingerprint density at radius 1 is 1.00 bits per heavy atom. The number of hydrogen-bond acceptors (Lipinski definition) is 1. The van der Waals surface area contributed by atoms with Crippen LogP contribution in [-0.2, 0) is 4.57 Å². The van der Waals surface area contributed by atoms with Crippen molar-refractivity contribution in [2.24, 2.45) is 0 Å². The van der Waals surface area contributed by atoms with E-state index in [1.54, 1.807) is 0 Å². The normalized spacial score (nSPS) is 13.2. The molecule has 0 aromatic rings. The van der Waals surface area contributed by atoms with Crippen molar-refractivity contribution >= 4 is 24.0 Å². The zero-order valence-corrected chi connectivity index (χ0v) is 9.98. The van der Waals surface area contributed by atoms with Crippen molar-refractivity contribution in [2.45, 2.75) is 38.5 Å². The lowest BCUT2D eigenvalue weighted by molar-refractivity contribution is 0.498. The van der Waals surface area contributed by atoms with Crippen LogP contribution in [0.15, 0.2) is 0 Å². The van der Waals surface area contributed by atoms with Gasteiger partial charge in [-0.3, -0.25) is 4.57 Å². The Hall–Kier alpha value is 0.670. The van der Waals surface area contributed by atoms with Gasteiger partial charge in [0.25, 0.3) is 0 Å². The molecule has 0 heterocycles. The van der Waals surface area contributed by atoms with Gasteiger partial charge in [0.1, 0.15) is 0 Å². The van der Waals surface area contributed by atoms with Crippen molar-refractivity contribution in [2.75, 3.05) is 11.5 Å². The van der Waals surface area contributed by atoms with Gasteiger partial charge in [-0.1, -0.05) is 41.6 Å². The van der Waals surface area contributed by atoms with Crippen molar-refractivity contribution in [1.82, 2.24) is 0 Å². The van der Waals surface area contributed by atoms with Crippen LogP contribution in [0.1, 0.15) is 38.5 Å². The smallest absolute Gasteiger partial charge is 0.189 e. The summed E-state index contributed by atoms with van der Waals surface area (Å²) in [5.41, 5.74) is 0. The van der Waals surface area contributed by atoms with Gasteiger partial charge in [-0.25, -0.2) is 0 Å². The zero-order valence-electron chi connectivity index (χ0n) is 7.39. The fourth-order valence-electron chi connectivity index (χ4n) is 1.08. The first-order valence-corrected chi connectivity index (χ1v) is 7.23. The summed E-state index contributed by atoms with van der Waals surface area (Å²) < 4.78 is 10.3. The molecule has 2 nitrogen and oxygen atoms in total. The van der Waals surface area contributed by atoms with E-state index in [9.17, 15) is 4.57 Å². The average molecular weight is 257 g/mol. The van der Waals surface area contributed by atoms with Gasteiger partial charge < -0.3 is 4.89 Å². The Morgan fingerprint density at radius 3 is 2.00 bits per heavy atom. The molecule has 0 aromatic carbocycles. The maximum absolute atomic E-state index is 10.3. The van der Waals surface area contributed by atoms with Crippen LogP contribution in [0.5, 0.6) is 0 Å². The monoisotopic (exact) mass is 256 g/mol. The topological polar surface area (TPSA) is 37.3 Å². The van der Waals surface area contributed by atoms with Crippen LogP contribution < -0.4 is 0 Å². The molecule has 0 aromatic heterocycles. The van der Waals surface area contributed by atoms with Gasteiger partial charge in [-0.05, 0) is 12.8 Å². The molecule has 0 fully saturated rings. The number of hydrogen-bond donors (Lipinski definition) is 1. The van der Waals surface area contributed by atoms with E-state index in [1.165, 1.54) is 25.7 Å². The molecule has 0 rings (SSSR count). The molecule has 12 heavy (non-hydrogen) atoms. The van der Waals surface area contributed by atoms with E-state index in [-0.39, 0.29) is 0 Å². The first-order valence-electron chi connectivity index (χ1n) is 4.55. The van der Waals surface area contributed by atoms with Crippen molar-refractivity contribution in [3.8, 4) is 0 Å². The first kappa shape index (κ1) is 12.7. The van der Waals surface area contributed by atoms with Crippen molar-refractivity contribution in [3.63, 3.8) is 0 Å². The first-order chi connectivity index (χ1) is 5.77. The van der Waals surface area contributed by atoms with E-state index in [0.717, 1.165) is 18.2 Å². The molecule has 0 spiro atoms. The van der Waals surface area contributed by atoms with Gasteiger partial charge in [-0.2, -0.15) is 0 Å². The quantitative estimate of drug-likeness (QED) is 0.412. The lowest BCUT2D eigenvalue weighted by Gasteiger charge is -1.98. The molecule has 0 amide bonds. The summed E-state index contributed by atoms with van der Waals surface area (Å²) in [6, 6.07) is 0. The van der Waals surface area contributed by atoms with Crippen LogP contribution in [0.2, 0.25) is 0 Å². The maximum Gasteiger partial charge on any atom is 0.189 e. The molecule has 74 valence electrons. The fraction of sp³-hybridized carbons (Fsp3) is 1.00. The molecule has 0 saturated heterocycles. The van der Waals surface area contributed by atoms with Crippen LogP contribution in [0, 0.1) is 0 Å². The predicted molar refractivity (Wildman–Crippen MR) is 57.6 cm³/mol. The molecule has 1 unspecified atom stereocenters. The molecule has 0 bridgehead atoms. The van der Waals surface area contributed by atoms with Crippen LogP contribution in [-0.4, -0.2) is 16.4 Å². The fourth-order valence-corrected chi connectivity index (χ4v) is 2.03. The summed E-state index contributed by atoms with van der Waals surface area (Å²) in [6.45, 7) is 0. The summed E-state index contributed by atoms with van der Waals surface area (Å²) in [5.74, 6) is 0. The third kappa shape index (κ3) is 10.7. The van der Waals surface area contributed by atoms with E-state index in [1.807, 2.05) is 0 Å². The molecular weight excluding hydrogens is 239 g/mol. The van der Waals surface area contributed by atoms with Gasteiger partial charge in [-0.15, -0.1) is 0 Å². The summed E-state index contributed by atoms with van der Waals surface area (Å²) in [6.07, 6.45) is 7.54. The maximum atomic E-state index is 10.3. The second kappa shape index (κ2) is 9.76. The van der Waals surface area contributed by atoms with E-state index >= 15 is 0 Å². The number of unbranched alkanes of at least 4 members (excludes halogenated alkanes) is 5. The molecule has 0 aliphatic carbocycles. The third-order valence-electron chi connectivity index (χ3n) is 1.77. The summed E-state index contributed by atoms with van der Waals surface area (Å²) in [4.78, 5) is 8.53. The molecule has 4 heteroatoms. The highest BCUT2D eigenvalue weighted by Crippen LogP contribution is 2.16. The van der Waals surface area contributed by atoms with Gasteiger partial charge in [0.05, 0.1) is 0 Å². The van der Waals surface area contributed by atoms with E-state index < -0.39 is 8.03 Å². The minimum Gasteiger partial charge on any atom is -0.346 e. The van der Waals surface area contributed by atoms with E-state index in [0.29, 0.717) is 6.16 Å². The Bertz CT molecular complexity index is 120. The van der Waals surface area contributed by atoms with Gasteiger partial charge in [0.15, 0.2) is 8.03 Å². The molecule has 1 atom stereocenters. The lowest BCUT2D eigenvalue weighted by Crippen LogP contribution is -1.82. The van der Waals surface area contributed by atoms with Gasteiger partial charge in [0.2, 0.25) is 0 Å². The number of rotatable bonds is 8. The minimum absolute atomic E-state index is 0.517. The minimum atomic E-state index is -2.19. The Labute approximate surface area is 83.7 Å². The molecule has 0 radical (unpaired) electrons. The summed E-state index contributed by atoms with van der Waals surface area (Å²) in [7, 11) is -2.19. The number of alkyl halides is 1. The zero-order chi connectivity index (χ0) is 9.23. The number of halogens is 1. The Balaban J connectivity index is 2.86. The van der Waals surface area contributed by atoms with Crippen LogP contribution in [0.25, 0.3) is 0 Å².